The largest absolute Gasteiger partial charge is 0.493 e. The molecule has 1 fully saturated rings. The highest BCUT2D eigenvalue weighted by molar-refractivity contribution is 5.79. The van der Waals surface area contributed by atoms with Crippen LogP contribution in [0, 0.1) is 5.82 Å². The van der Waals surface area contributed by atoms with E-state index in [0.717, 1.165) is 17.7 Å². The molecule has 8 heteroatoms. The van der Waals surface area contributed by atoms with Crippen LogP contribution in [0.4, 0.5) is 10.1 Å². The number of morpholine rings is 1. The lowest BCUT2D eigenvalue weighted by Crippen LogP contribution is -2.37. The zero-order valence-corrected chi connectivity index (χ0v) is 18.4. The Labute approximate surface area is 183 Å². The van der Waals surface area contributed by atoms with Crippen molar-refractivity contribution in [1.82, 2.24) is 10.6 Å². The Kier molecular flexibility index (Phi) is 8.35. The number of guanidine groups is 1. The van der Waals surface area contributed by atoms with Crippen LogP contribution >= 0.6 is 0 Å². The lowest BCUT2D eigenvalue weighted by molar-refractivity contribution is 0.122. The maximum atomic E-state index is 14.6. The molecule has 3 rings (SSSR count). The fourth-order valence-corrected chi connectivity index (χ4v) is 3.40. The zero-order valence-electron chi connectivity index (χ0n) is 18.4. The lowest BCUT2D eigenvalue weighted by atomic mass is 10.1. The molecular formula is C23H31FN4O3. The van der Waals surface area contributed by atoms with E-state index in [1.54, 1.807) is 20.3 Å². The summed E-state index contributed by atoms with van der Waals surface area (Å²) in [6.45, 7) is 6.34. The molecule has 0 radical (unpaired) electrons. The number of halogens is 1. The number of ether oxygens (including phenoxy) is 3. The molecule has 1 aliphatic rings. The number of anilines is 1. The second kappa shape index (κ2) is 11.4. The Bertz CT molecular complexity index is 885. The number of hydrogen-bond donors (Lipinski definition) is 2. The summed E-state index contributed by atoms with van der Waals surface area (Å²) in [5.74, 6) is 1.81. The number of rotatable bonds is 8. The van der Waals surface area contributed by atoms with Gasteiger partial charge in [-0.3, -0.25) is 0 Å². The molecule has 0 spiro atoms. The number of hydrogen-bond acceptors (Lipinski definition) is 5. The lowest BCUT2D eigenvalue weighted by Gasteiger charge is -2.29. The van der Waals surface area contributed by atoms with Gasteiger partial charge in [0.15, 0.2) is 17.5 Å². The van der Waals surface area contributed by atoms with Crippen molar-refractivity contribution in [1.29, 1.82) is 0 Å². The van der Waals surface area contributed by atoms with Crippen LogP contribution in [0.1, 0.15) is 18.1 Å². The topological polar surface area (TPSA) is 67.4 Å². The second-order valence-electron chi connectivity index (χ2n) is 7.12. The molecule has 2 aromatic carbocycles. The molecule has 1 aliphatic heterocycles. The normalized spacial score (nSPS) is 14.3. The zero-order chi connectivity index (χ0) is 22.1. The highest BCUT2D eigenvalue weighted by Crippen LogP contribution is 2.27. The van der Waals surface area contributed by atoms with Gasteiger partial charge in [0.1, 0.15) is 5.82 Å². The quantitative estimate of drug-likeness (QED) is 0.496. The number of methoxy groups -OCH3 is 2. The molecule has 0 aromatic heterocycles. The van der Waals surface area contributed by atoms with E-state index in [4.69, 9.17) is 14.2 Å². The van der Waals surface area contributed by atoms with Gasteiger partial charge in [-0.15, -0.1) is 0 Å². The van der Waals surface area contributed by atoms with Crippen LogP contribution in [0.3, 0.4) is 0 Å². The molecule has 0 amide bonds. The van der Waals surface area contributed by atoms with E-state index in [1.807, 2.05) is 42.2 Å². The van der Waals surface area contributed by atoms with E-state index in [0.29, 0.717) is 62.5 Å². The maximum absolute atomic E-state index is 14.6. The maximum Gasteiger partial charge on any atom is 0.191 e. The summed E-state index contributed by atoms with van der Waals surface area (Å²) in [7, 11) is 3.23. The molecule has 31 heavy (non-hydrogen) atoms. The average molecular weight is 431 g/mol. The van der Waals surface area contributed by atoms with Gasteiger partial charge < -0.3 is 29.7 Å². The predicted octanol–water partition coefficient (Wildman–Crippen LogP) is 2.93. The summed E-state index contributed by atoms with van der Waals surface area (Å²) in [6.07, 6.45) is 0. The van der Waals surface area contributed by atoms with Crippen LogP contribution in [0.15, 0.2) is 41.4 Å². The summed E-state index contributed by atoms with van der Waals surface area (Å²) in [4.78, 5) is 6.61. The van der Waals surface area contributed by atoms with E-state index in [9.17, 15) is 4.39 Å². The van der Waals surface area contributed by atoms with E-state index in [-0.39, 0.29) is 5.82 Å². The van der Waals surface area contributed by atoms with Crippen LogP contribution in [0.2, 0.25) is 0 Å². The van der Waals surface area contributed by atoms with Crippen LogP contribution < -0.4 is 25.0 Å². The SMILES string of the molecule is CCNC(=NCc1ccc(N2CCOCC2)c(F)c1)NCc1ccc(OC)c(OC)c1. The molecule has 0 unspecified atom stereocenters. The second-order valence-corrected chi connectivity index (χ2v) is 7.12. The van der Waals surface area contributed by atoms with Crippen LogP contribution in [0.5, 0.6) is 11.5 Å². The van der Waals surface area contributed by atoms with Gasteiger partial charge in [-0.2, -0.15) is 0 Å². The Morgan fingerprint density at radius 3 is 2.45 bits per heavy atom. The Morgan fingerprint density at radius 1 is 1.03 bits per heavy atom. The molecular weight excluding hydrogens is 399 g/mol. The summed E-state index contributed by atoms with van der Waals surface area (Å²) in [6, 6.07) is 11.1. The molecule has 2 N–H and O–H groups in total. The van der Waals surface area contributed by atoms with E-state index < -0.39 is 0 Å². The number of nitrogens with one attached hydrogen (secondary N) is 2. The molecule has 0 aliphatic carbocycles. The van der Waals surface area contributed by atoms with Crippen LogP contribution in [-0.4, -0.2) is 53.0 Å². The highest BCUT2D eigenvalue weighted by Gasteiger charge is 2.15. The minimum atomic E-state index is -0.224. The number of nitrogens with zero attached hydrogens (tertiary/aromatic N) is 2. The van der Waals surface area contributed by atoms with Gasteiger partial charge in [0.05, 0.1) is 39.7 Å². The summed E-state index contributed by atoms with van der Waals surface area (Å²) >= 11 is 0. The van der Waals surface area contributed by atoms with Crippen molar-refractivity contribution in [2.75, 3.05) is 52.0 Å². The molecule has 0 saturated carbocycles. The summed E-state index contributed by atoms with van der Waals surface area (Å²) < 4.78 is 30.6. The third kappa shape index (κ3) is 6.24. The fourth-order valence-electron chi connectivity index (χ4n) is 3.40. The van der Waals surface area contributed by atoms with Gasteiger partial charge in [-0.25, -0.2) is 9.38 Å². The first kappa shape index (κ1) is 22.7. The first-order chi connectivity index (χ1) is 15.1. The third-order valence-corrected chi connectivity index (χ3v) is 5.04. The van der Waals surface area contributed by atoms with E-state index in [1.165, 1.54) is 0 Å². The minimum absolute atomic E-state index is 0.224. The predicted molar refractivity (Wildman–Crippen MR) is 121 cm³/mol. The van der Waals surface area contributed by atoms with Crippen molar-refractivity contribution in [2.24, 2.45) is 4.99 Å². The van der Waals surface area contributed by atoms with E-state index >= 15 is 0 Å². The Morgan fingerprint density at radius 2 is 1.77 bits per heavy atom. The first-order valence-electron chi connectivity index (χ1n) is 10.5. The molecule has 0 atom stereocenters. The Hall–Kier alpha value is -3.00. The van der Waals surface area contributed by atoms with Gasteiger partial charge >= 0.3 is 0 Å². The van der Waals surface area contributed by atoms with Gasteiger partial charge in [-0.1, -0.05) is 12.1 Å². The molecule has 0 bridgehead atoms. The minimum Gasteiger partial charge on any atom is -0.493 e. The average Bonchev–Trinajstić information content (AvgIpc) is 2.81. The highest BCUT2D eigenvalue weighted by atomic mass is 19.1. The van der Waals surface area contributed by atoms with Crippen LogP contribution in [-0.2, 0) is 17.8 Å². The standard InChI is InChI=1S/C23H31FN4O3/c1-4-25-23(27-16-18-6-8-21(29-2)22(14-18)30-3)26-15-17-5-7-20(19(24)13-17)28-9-11-31-12-10-28/h5-8,13-14H,4,9-12,15-16H2,1-3H3,(H2,25,26,27). The summed E-state index contributed by atoms with van der Waals surface area (Å²) in [5, 5.41) is 6.52. The smallest absolute Gasteiger partial charge is 0.191 e. The van der Waals surface area contributed by atoms with Gasteiger partial charge in [0.2, 0.25) is 0 Å². The van der Waals surface area contributed by atoms with Crippen LogP contribution in [0.25, 0.3) is 0 Å². The molecule has 1 heterocycles. The molecule has 168 valence electrons. The molecule has 7 nitrogen and oxygen atoms in total. The van der Waals surface area contributed by atoms with Gasteiger partial charge in [0, 0.05) is 26.2 Å². The monoisotopic (exact) mass is 430 g/mol. The molecule has 2 aromatic rings. The van der Waals surface area contributed by atoms with Crippen molar-refractivity contribution in [2.45, 2.75) is 20.0 Å². The fraction of sp³-hybridized carbons (Fsp3) is 0.435. The van der Waals surface area contributed by atoms with Gasteiger partial charge in [0.25, 0.3) is 0 Å². The van der Waals surface area contributed by atoms with E-state index in [2.05, 4.69) is 15.6 Å². The van der Waals surface area contributed by atoms with Crippen molar-refractivity contribution in [3.05, 3.63) is 53.3 Å². The van der Waals surface area contributed by atoms with Crippen molar-refractivity contribution < 1.29 is 18.6 Å². The number of aliphatic imine (C=N–C) groups is 1. The Balaban J connectivity index is 1.63. The summed E-state index contributed by atoms with van der Waals surface area (Å²) in [5.41, 5.74) is 2.47. The van der Waals surface area contributed by atoms with Crippen molar-refractivity contribution >= 4 is 11.6 Å². The molecule has 1 saturated heterocycles. The van der Waals surface area contributed by atoms with Crippen molar-refractivity contribution in [3.8, 4) is 11.5 Å². The first-order valence-corrected chi connectivity index (χ1v) is 10.5. The number of benzene rings is 2. The van der Waals surface area contributed by atoms with Gasteiger partial charge in [-0.05, 0) is 42.3 Å². The van der Waals surface area contributed by atoms with Crippen molar-refractivity contribution in [3.63, 3.8) is 0 Å². The third-order valence-electron chi connectivity index (χ3n) is 5.04.